The fraction of sp³-hybridized carbons (Fsp3) is 0.607. The maximum absolute atomic E-state index is 13.7. The number of carboxylic acids is 1. The zero-order valence-electron chi connectivity index (χ0n) is 23.5. The number of carbonyl (C=O) groups excluding carboxylic acids is 2. The number of fused-ring (bicyclic) bond motifs is 1. The molecule has 9 nitrogen and oxygen atoms in total. The molecule has 0 aliphatic carbocycles. The molecule has 0 bridgehead atoms. The molecule has 3 rings (SSSR count). The van der Waals surface area contributed by atoms with E-state index in [1.54, 1.807) is 19.9 Å². The van der Waals surface area contributed by atoms with E-state index in [1.165, 1.54) is 21.0 Å². The summed E-state index contributed by atoms with van der Waals surface area (Å²) in [5.41, 5.74) is 1.56. The highest BCUT2D eigenvalue weighted by Gasteiger charge is 2.47. The smallest absolute Gasteiger partial charge is 0.471 e. The molecule has 1 aromatic carbocycles. The van der Waals surface area contributed by atoms with E-state index in [4.69, 9.17) is 14.2 Å². The van der Waals surface area contributed by atoms with E-state index in [2.05, 4.69) is 4.90 Å². The molecule has 0 spiro atoms. The minimum absolute atomic E-state index is 0.00982. The first-order chi connectivity index (χ1) is 18.8. The van der Waals surface area contributed by atoms with Crippen molar-refractivity contribution >= 4 is 23.5 Å². The molecule has 1 unspecified atom stereocenters. The number of rotatable bonds is 11. The third-order valence-corrected chi connectivity index (χ3v) is 7.34. The van der Waals surface area contributed by atoms with E-state index >= 15 is 0 Å². The molecule has 2 aliphatic heterocycles. The Kier molecular flexibility index (Phi) is 10.2. The number of aliphatic carboxylic acids is 1. The van der Waals surface area contributed by atoms with E-state index in [9.17, 15) is 32.7 Å². The molecule has 1 aromatic rings. The first kappa shape index (κ1) is 31.4. The summed E-state index contributed by atoms with van der Waals surface area (Å²) in [6.45, 7) is 9.47. The van der Waals surface area contributed by atoms with E-state index in [1.807, 2.05) is 0 Å². The molecule has 40 heavy (non-hydrogen) atoms. The number of methoxy groups -OCH3 is 1. The molecule has 0 aromatic heterocycles. The van der Waals surface area contributed by atoms with Gasteiger partial charge >= 0.3 is 24.0 Å². The third kappa shape index (κ3) is 6.95. The van der Waals surface area contributed by atoms with Gasteiger partial charge in [0.25, 0.3) is 0 Å². The van der Waals surface area contributed by atoms with Gasteiger partial charge in [-0.05, 0) is 59.1 Å². The maximum atomic E-state index is 13.7. The summed E-state index contributed by atoms with van der Waals surface area (Å²) in [4.78, 5) is 40.1. The molecule has 0 saturated carbocycles. The standard InChI is InChI=1S/C28H37F3N2O7/c1-16(2)33(27(37)28(29,30)31)23-20(24(38-5)18(4)21-15-40-26(36)22(21)23)7-6-17(3)14-19(25(34)35)8-9-32-10-12-39-13-11-32/h6,16,19H,7-15H2,1-5H3,(H,34,35)/b17-6+. The summed E-state index contributed by atoms with van der Waals surface area (Å²) in [5, 5.41) is 9.81. The van der Waals surface area contributed by atoms with Crippen LogP contribution in [-0.4, -0.2) is 80.0 Å². The summed E-state index contributed by atoms with van der Waals surface area (Å²) in [6.07, 6.45) is -2.79. The average molecular weight is 571 g/mol. The molecule has 1 atom stereocenters. The zero-order chi connectivity index (χ0) is 29.8. The molecule has 1 saturated heterocycles. The Labute approximate surface area is 231 Å². The van der Waals surface area contributed by atoms with Crippen LogP contribution < -0.4 is 9.64 Å². The zero-order valence-corrected chi connectivity index (χ0v) is 23.5. The molecule has 1 N–H and O–H groups in total. The molecule has 12 heteroatoms. The van der Waals surface area contributed by atoms with Crippen LogP contribution in [0.25, 0.3) is 0 Å². The van der Waals surface area contributed by atoms with Crippen molar-refractivity contribution in [2.45, 2.75) is 65.8 Å². The van der Waals surface area contributed by atoms with Crippen LogP contribution in [-0.2, 0) is 32.1 Å². The number of anilines is 1. The van der Waals surface area contributed by atoms with Gasteiger partial charge < -0.3 is 24.2 Å². The van der Waals surface area contributed by atoms with E-state index in [0.717, 1.165) is 13.1 Å². The van der Waals surface area contributed by atoms with Crippen molar-refractivity contribution in [2.75, 3.05) is 44.9 Å². The number of carbonyl (C=O) groups is 3. The number of alkyl halides is 3. The number of halogens is 3. The molecule has 1 fully saturated rings. The van der Waals surface area contributed by atoms with Crippen LogP contribution in [0.5, 0.6) is 5.75 Å². The van der Waals surface area contributed by atoms with Gasteiger partial charge in [0.05, 0.1) is 37.5 Å². The lowest BCUT2D eigenvalue weighted by Crippen LogP contribution is -2.46. The average Bonchev–Trinajstić information content (AvgIpc) is 3.28. The van der Waals surface area contributed by atoms with Gasteiger partial charge in [-0.3, -0.25) is 14.5 Å². The largest absolute Gasteiger partial charge is 0.496 e. The molecular weight excluding hydrogens is 533 g/mol. The predicted molar refractivity (Wildman–Crippen MR) is 141 cm³/mol. The second kappa shape index (κ2) is 13.0. The summed E-state index contributed by atoms with van der Waals surface area (Å²) in [6, 6.07) is -0.945. The lowest BCUT2D eigenvalue weighted by atomic mass is 9.91. The molecule has 1 amide bonds. The van der Waals surface area contributed by atoms with E-state index in [-0.39, 0.29) is 42.0 Å². The van der Waals surface area contributed by atoms with Crippen molar-refractivity contribution in [1.82, 2.24) is 4.90 Å². The van der Waals surface area contributed by atoms with Gasteiger partial charge in [-0.15, -0.1) is 0 Å². The Balaban J connectivity index is 2.00. The second-order valence-electron chi connectivity index (χ2n) is 10.4. The van der Waals surface area contributed by atoms with Gasteiger partial charge in [0, 0.05) is 30.3 Å². The third-order valence-electron chi connectivity index (χ3n) is 7.34. The van der Waals surface area contributed by atoms with Crippen LogP contribution in [0, 0.1) is 12.8 Å². The highest BCUT2D eigenvalue weighted by Crippen LogP contribution is 2.44. The summed E-state index contributed by atoms with van der Waals surface area (Å²) in [5.74, 6) is -4.26. The first-order valence-corrected chi connectivity index (χ1v) is 13.3. The van der Waals surface area contributed by atoms with Crippen molar-refractivity contribution in [3.05, 3.63) is 33.9 Å². The normalized spacial score (nSPS) is 17.0. The van der Waals surface area contributed by atoms with Crippen LogP contribution in [0.3, 0.4) is 0 Å². The van der Waals surface area contributed by atoms with Crippen LogP contribution in [0.4, 0.5) is 18.9 Å². The number of cyclic esters (lactones) is 1. The molecule has 0 radical (unpaired) electrons. The van der Waals surface area contributed by atoms with Crippen molar-refractivity contribution in [3.63, 3.8) is 0 Å². The van der Waals surface area contributed by atoms with Gasteiger partial charge in [0.2, 0.25) is 0 Å². The predicted octanol–water partition coefficient (Wildman–Crippen LogP) is 4.28. The van der Waals surface area contributed by atoms with Gasteiger partial charge in [0.1, 0.15) is 12.4 Å². The fourth-order valence-electron chi connectivity index (χ4n) is 5.25. The van der Waals surface area contributed by atoms with Crippen LogP contribution >= 0.6 is 0 Å². The molecule has 222 valence electrons. The van der Waals surface area contributed by atoms with Gasteiger partial charge in [-0.1, -0.05) is 11.6 Å². The van der Waals surface area contributed by atoms with Gasteiger partial charge in [-0.2, -0.15) is 13.2 Å². The summed E-state index contributed by atoms with van der Waals surface area (Å²) in [7, 11) is 1.37. The van der Waals surface area contributed by atoms with E-state index in [0.29, 0.717) is 47.8 Å². The lowest BCUT2D eigenvalue weighted by molar-refractivity contribution is -0.170. The highest BCUT2D eigenvalue weighted by molar-refractivity contribution is 6.08. The summed E-state index contributed by atoms with van der Waals surface area (Å²) >= 11 is 0. The van der Waals surface area contributed by atoms with Crippen LogP contribution in [0.2, 0.25) is 0 Å². The van der Waals surface area contributed by atoms with Crippen molar-refractivity contribution in [1.29, 1.82) is 0 Å². The first-order valence-electron chi connectivity index (χ1n) is 13.3. The Morgan fingerprint density at radius 1 is 1.23 bits per heavy atom. The van der Waals surface area contributed by atoms with E-state index < -0.39 is 36.0 Å². The minimum atomic E-state index is -5.18. The molecule has 2 aliphatic rings. The Morgan fingerprint density at radius 3 is 2.42 bits per heavy atom. The minimum Gasteiger partial charge on any atom is -0.496 e. The van der Waals surface area contributed by atoms with Crippen molar-refractivity contribution < 1.29 is 46.9 Å². The number of nitrogens with zero attached hydrogens (tertiary/aromatic N) is 2. The molecule has 2 heterocycles. The lowest BCUT2D eigenvalue weighted by Gasteiger charge is -2.32. The Bertz CT molecular complexity index is 1160. The second-order valence-corrected chi connectivity index (χ2v) is 10.4. The number of allylic oxidation sites excluding steroid dienone is 2. The summed E-state index contributed by atoms with van der Waals surface area (Å²) < 4.78 is 57.2. The van der Waals surface area contributed by atoms with Gasteiger partial charge in [-0.25, -0.2) is 4.79 Å². The highest BCUT2D eigenvalue weighted by atomic mass is 19.4. The number of amides is 1. The number of ether oxygens (including phenoxy) is 3. The number of morpholine rings is 1. The maximum Gasteiger partial charge on any atom is 0.471 e. The Morgan fingerprint density at radius 2 is 1.88 bits per heavy atom. The van der Waals surface area contributed by atoms with Crippen LogP contribution in [0.1, 0.15) is 60.7 Å². The number of hydrogen-bond acceptors (Lipinski definition) is 7. The number of carboxylic acid groups (broad SMARTS) is 1. The van der Waals surface area contributed by atoms with Gasteiger partial charge in [0.15, 0.2) is 0 Å². The number of benzene rings is 1. The Hall–Kier alpha value is -3.12. The number of hydrogen-bond donors (Lipinski definition) is 1. The van der Waals surface area contributed by atoms with Crippen molar-refractivity contribution in [2.24, 2.45) is 5.92 Å². The van der Waals surface area contributed by atoms with Crippen molar-refractivity contribution in [3.8, 4) is 5.75 Å². The SMILES string of the molecule is COc1c(C)c2c(c(N(C(=O)C(F)(F)F)C(C)C)c1C/C=C(\C)CC(CCN1CCOCC1)C(=O)O)C(=O)OC2. The topological polar surface area (TPSA) is 106 Å². The quantitative estimate of drug-likeness (QED) is 0.311. The monoisotopic (exact) mass is 570 g/mol. The molecular formula is C28H37F3N2O7. The number of esters is 1. The fourth-order valence-corrected chi connectivity index (χ4v) is 5.25. The van der Waals surface area contributed by atoms with Crippen LogP contribution in [0.15, 0.2) is 11.6 Å².